The Labute approximate surface area is 188 Å². The smallest absolute Gasteiger partial charge is 0.328 e. The summed E-state index contributed by atoms with van der Waals surface area (Å²) in [6.45, 7) is 0. The normalized spacial score (nSPS) is 11.9. The number of nitrogens with zero attached hydrogens (tertiary/aromatic N) is 1. The van der Waals surface area contributed by atoms with Crippen LogP contribution in [0, 0.1) is 0 Å². The average Bonchev–Trinajstić information content (AvgIpc) is 3.40. The van der Waals surface area contributed by atoms with Crippen molar-refractivity contribution >= 4 is 45.7 Å². The van der Waals surface area contributed by atoms with Gasteiger partial charge in [-0.2, -0.15) is 0 Å². The van der Waals surface area contributed by atoms with E-state index in [1.54, 1.807) is 6.07 Å². The number of H-pyrrole nitrogens is 1. The van der Waals surface area contributed by atoms with Gasteiger partial charge in [-0.3, -0.25) is 4.79 Å². The lowest BCUT2D eigenvalue weighted by molar-refractivity contribution is -0.145. The van der Waals surface area contributed by atoms with Crippen molar-refractivity contribution in [3.05, 3.63) is 76.4 Å². The Kier molecular flexibility index (Phi) is 6.34. The van der Waals surface area contributed by atoms with Crippen molar-refractivity contribution in [1.82, 2.24) is 15.3 Å². The van der Waals surface area contributed by atoms with Gasteiger partial charge in [-0.25, -0.2) is 9.78 Å². The zero-order valence-corrected chi connectivity index (χ0v) is 18.3. The lowest BCUT2D eigenvalue weighted by atomic mass is 10.0. The number of carbonyl (C=O) groups is 2. The molecule has 2 aromatic heterocycles. The number of esters is 1. The van der Waals surface area contributed by atoms with Crippen LogP contribution in [0.15, 0.2) is 60.1 Å². The van der Waals surface area contributed by atoms with Gasteiger partial charge in [0, 0.05) is 34.5 Å². The topological polar surface area (TPSA) is 84.1 Å². The number of aromatic amines is 1. The number of methoxy groups -OCH3 is 1. The fraction of sp³-hybridized carbons (Fsp3) is 0.174. The number of fused-ring (bicyclic) bond motifs is 1. The van der Waals surface area contributed by atoms with Crippen LogP contribution < -0.4 is 5.32 Å². The minimum absolute atomic E-state index is 0.0579. The molecule has 4 aromatic rings. The molecule has 0 saturated carbocycles. The monoisotopic (exact) mass is 453 g/mol. The summed E-state index contributed by atoms with van der Waals surface area (Å²) in [5.41, 5.74) is 3.35. The van der Waals surface area contributed by atoms with Gasteiger partial charge >= 0.3 is 5.97 Å². The molecule has 0 saturated heterocycles. The Bertz CT molecular complexity index is 1230. The first-order valence-electron chi connectivity index (χ1n) is 9.66. The zero-order valence-electron chi connectivity index (χ0n) is 16.7. The van der Waals surface area contributed by atoms with E-state index < -0.39 is 12.0 Å². The number of hydrogen-bond acceptors (Lipinski definition) is 5. The number of carbonyl (C=O) groups excluding carboxylic acids is 2. The number of hydrogen-bond donors (Lipinski definition) is 2. The highest BCUT2D eigenvalue weighted by Crippen LogP contribution is 2.30. The van der Waals surface area contributed by atoms with Gasteiger partial charge in [0.15, 0.2) is 0 Å². The molecule has 2 aromatic carbocycles. The van der Waals surface area contributed by atoms with Crippen molar-refractivity contribution in [2.24, 2.45) is 0 Å². The molecular weight excluding hydrogens is 434 g/mol. The summed E-state index contributed by atoms with van der Waals surface area (Å²) in [6, 6.07) is 14.5. The van der Waals surface area contributed by atoms with Gasteiger partial charge in [-0.05, 0) is 17.7 Å². The summed E-state index contributed by atoms with van der Waals surface area (Å²) in [5, 5.41) is 6.98. The molecule has 2 N–H and O–H groups in total. The van der Waals surface area contributed by atoms with Crippen LogP contribution >= 0.6 is 22.9 Å². The number of halogens is 1. The Morgan fingerprint density at radius 3 is 2.77 bits per heavy atom. The van der Waals surface area contributed by atoms with E-state index in [2.05, 4.69) is 15.3 Å². The second kappa shape index (κ2) is 9.32. The summed E-state index contributed by atoms with van der Waals surface area (Å²) >= 11 is 7.66. The lowest BCUT2D eigenvalue weighted by Crippen LogP contribution is -2.43. The van der Waals surface area contributed by atoms with Crippen LogP contribution in [0.3, 0.4) is 0 Å². The molecule has 0 radical (unpaired) electrons. The molecule has 8 heteroatoms. The number of amides is 1. The SMILES string of the molecule is COC(=O)[C@@H](Cc1c[nH]c2ccccc12)NC(=O)Cc1csc(-c2ccccc2Cl)n1. The first-order chi connectivity index (χ1) is 15.0. The number of para-hydroxylation sites is 1. The lowest BCUT2D eigenvalue weighted by Gasteiger charge is -2.16. The molecule has 0 unspecified atom stereocenters. The molecule has 31 heavy (non-hydrogen) atoms. The number of nitrogens with one attached hydrogen (secondary N) is 2. The van der Waals surface area contributed by atoms with Gasteiger partial charge in [-0.15, -0.1) is 11.3 Å². The molecule has 0 bridgehead atoms. The van der Waals surface area contributed by atoms with E-state index in [9.17, 15) is 9.59 Å². The Balaban J connectivity index is 1.46. The van der Waals surface area contributed by atoms with Crippen molar-refractivity contribution in [3.8, 4) is 10.6 Å². The molecule has 0 spiro atoms. The third-order valence-electron chi connectivity index (χ3n) is 4.92. The third-order valence-corrected chi connectivity index (χ3v) is 6.17. The van der Waals surface area contributed by atoms with E-state index in [0.29, 0.717) is 17.1 Å². The van der Waals surface area contributed by atoms with Crippen LogP contribution in [0.25, 0.3) is 21.5 Å². The van der Waals surface area contributed by atoms with E-state index >= 15 is 0 Å². The van der Waals surface area contributed by atoms with Crippen LogP contribution in [0.1, 0.15) is 11.3 Å². The Morgan fingerprint density at radius 1 is 1.19 bits per heavy atom. The van der Waals surface area contributed by atoms with Crippen LogP contribution in [0.5, 0.6) is 0 Å². The molecule has 1 amide bonds. The summed E-state index contributed by atoms with van der Waals surface area (Å²) in [4.78, 5) is 32.7. The number of thiazole rings is 1. The molecule has 6 nitrogen and oxygen atoms in total. The second-order valence-corrected chi connectivity index (χ2v) is 8.27. The van der Waals surface area contributed by atoms with Gasteiger partial charge in [-0.1, -0.05) is 48.0 Å². The van der Waals surface area contributed by atoms with E-state index in [1.807, 2.05) is 54.0 Å². The van der Waals surface area contributed by atoms with Crippen LogP contribution in [0.2, 0.25) is 5.02 Å². The van der Waals surface area contributed by atoms with Gasteiger partial charge in [0.2, 0.25) is 5.91 Å². The summed E-state index contributed by atoms with van der Waals surface area (Å²) < 4.78 is 4.91. The van der Waals surface area contributed by atoms with Crippen LogP contribution in [-0.2, 0) is 27.2 Å². The summed E-state index contributed by atoms with van der Waals surface area (Å²) in [6.07, 6.45) is 2.23. The van der Waals surface area contributed by atoms with E-state index in [1.165, 1.54) is 18.4 Å². The second-order valence-electron chi connectivity index (χ2n) is 7.01. The maximum atomic E-state index is 12.7. The van der Waals surface area contributed by atoms with Crippen LogP contribution in [0.4, 0.5) is 0 Å². The fourth-order valence-corrected chi connectivity index (χ4v) is 4.55. The number of rotatable bonds is 7. The van der Waals surface area contributed by atoms with Crippen LogP contribution in [-0.4, -0.2) is 35.0 Å². The highest BCUT2D eigenvalue weighted by molar-refractivity contribution is 7.13. The van der Waals surface area contributed by atoms with Crippen molar-refractivity contribution in [2.45, 2.75) is 18.9 Å². The molecule has 0 aliphatic carbocycles. The molecule has 158 valence electrons. The molecule has 0 aliphatic heterocycles. The Hall–Kier alpha value is -3.16. The van der Waals surface area contributed by atoms with E-state index in [0.717, 1.165) is 27.0 Å². The molecule has 4 rings (SSSR count). The summed E-state index contributed by atoms with van der Waals surface area (Å²) in [7, 11) is 1.31. The maximum Gasteiger partial charge on any atom is 0.328 e. The molecule has 1 atom stereocenters. The van der Waals surface area contributed by atoms with E-state index in [-0.39, 0.29) is 12.3 Å². The van der Waals surface area contributed by atoms with E-state index in [4.69, 9.17) is 16.3 Å². The summed E-state index contributed by atoms with van der Waals surface area (Å²) in [5.74, 6) is -0.792. The highest BCUT2D eigenvalue weighted by Gasteiger charge is 2.24. The van der Waals surface area contributed by atoms with Crippen molar-refractivity contribution in [2.75, 3.05) is 7.11 Å². The first-order valence-corrected chi connectivity index (χ1v) is 10.9. The highest BCUT2D eigenvalue weighted by atomic mass is 35.5. The zero-order chi connectivity index (χ0) is 21.8. The quantitative estimate of drug-likeness (QED) is 0.406. The van der Waals surface area contributed by atoms with Crippen molar-refractivity contribution in [1.29, 1.82) is 0 Å². The van der Waals surface area contributed by atoms with Crippen molar-refractivity contribution in [3.63, 3.8) is 0 Å². The predicted molar refractivity (Wildman–Crippen MR) is 122 cm³/mol. The maximum absolute atomic E-state index is 12.7. The van der Waals surface area contributed by atoms with Gasteiger partial charge in [0.1, 0.15) is 11.0 Å². The Morgan fingerprint density at radius 2 is 1.97 bits per heavy atom. The van der Waals surface area contributed by atoms with Crippen molar-refractivity contribution < 1.29 is 14.3 Å². The standard InChI is InChI=1S/C23H20ClN3O3S/c1-30-23(29)20(10-14-12-25-19-9-5-3-6-16(14)19)27-21(28)11-15-13-31-22(26-15)17-7-2-4-8-18(17)24/h2-9,12-13,20,25H,10-11H2,1H3,(H,27,28)/t20-/m1/s1. The minimum Gasteiger partial charge on any atom is -0.467 e. The third kappa shape index (κ3) is 4.78. The minimum atomic E-state index is -0.793. The van der Waals surface area contributed by atoms with Gasteiger partial charge in [0.25, 0.3) is 0 Å². The average molecular weight is 454 g/mol. The molecular formula is C23H20ClN3O3S. The predicted octanol–water partition coefficient (Wildman–Crippen LogP) is 4.39. The largest absolute Gasteiger partial charge is 0.467 e. The molecule has 0 fully saturated rings. The molecule has 2 heterocycles. The fourth-order valence-electron chi connectivity index (χ4n) is 3.41. The number of ether oxygens (including phenoxy) is 1. The van der Waals surface area contributed by atoms with Gasteiger partial charge in [0.05, 0.1) is 24.2 Å². The molecule has 0 aliphatic rings. The number of aromatic nitrogens is 2. The first kappa shape index (κ1) is 21.1. The number of benzene rings is 2. The van der Waals surface area contributed by atoms with Gasteiger partial charge < -0.3 is 15.0 Å².